The van der Waals surface area contributed by atoms with E-state index in [2.05, 4.69) is 34.0 Å². The van der Waals surface area contributed by atoms with E-state index in [9.17, 15) is 0 Å². The second-order valence-corrected chi connectivity index (χ2v) is 3.23. The van der Waals surface area contributed by atoms with Crippen LogP contribution in [0.5, 0.6) is 0 Å². The zero-order chi connectivity index (χ0) is 9.97. The van der Waals surface area contributed by atoms with E-state index in [1.54, 1.807) is 0 Å². The molecule has 2 heterocycles. The van der Waals surface area contributed by atoms with Gasteiger partial charge < -0.3 is 4.42 Å². The van der Waals surface area contributed by atoms with Crippen molar-refractivity contribution in [3.63, 3.8) is 0 Å². The topological polar surface area (TPSA) is 64.7 Å². The highest BCUT2D eigenvalue weighted by atomic mass is 16.4. The maximum absolute atomic E-state index is 5.04. The summed E-state index contributed by atoms with van der Waals surface area (Å²) in [5.41, 5.74) is 1.63. The van der Waals surface area contributed by atoms with Crippen LogP contribution in [0.1, 0.15) is 25.5 Å². The summed E-state index contributed by atoms with van der Waals surface area (Å²) in [6, 6.07) is 1.86. The zero-order valence-corrected chi connectivity index (χ0v) is 8.01. The van der Waals surface area contributed by atoms with Gasteiger partial charge in [0.2, 0.25) is 6.39 Å². The molecule has 0 unspecified atom stereocenters. The SMILES string of the molecule is CC(C)c1cc(-c2nnco2)ncn1. The summed E-state index contributed by atoms with van der Waals surface area (Å²) >= 11 is 0. The van der Waals surface area contributed by atoms with Crippen molar-refractivity contribution in [3.8, 4) is 11.6 Å². The molecular formula is C9H10N4O. The van der Waals surface area contributed by atoms with Gasteiger partial charge in [-0.2, -0.15) is 0 Å². The molecule has 2 rings (SSSR count). The lowest BCUT2D eigenvalue weighted by molar-refractivity contribution is 0.565. The number of hydrogen-bond donors (Lipinski definition) is 0. The van der Waals surface area contributed by atoms with E-state index in [1.807, 2.05) is 6.07 Å². The van der Waals surface area contributed by atoms with Crippen LogP contribution in [0.15, 0.2) is 23.2 Å². The van der Waals surface area contributed by atoms with Crippen molar-refractivity contribution in [2.45, 2.75) is 19.8 Å². The van der Waals surface area contributed by atoms with Crippen LogP contribution < -0.4 is 0 Å². The summed E-state index contributed by atoms with van der Waals surface area (Å²) in [5.74, 6) is 0.786. The average Bonchev–Trinajstić information content (AvgIpc) is 2.71. The Morgan fingerprint density at radius 2 is 2.14 bits per heavy atom. The Hall–Kier alpha value is -1.78. The van der Waals surface area contributed by atoms with Crippen molar-refractivity contribution in [1.29, 1.82) is 0 Å². The van der Waals surface area contributed by atoms with Gasteiger partial charge in [-0.05, 0) is 12.0 Å². The summed E-state index contributed by atoms with van der Waals surface area (Å²) in [6.45, 7) is 4.14. The lowest BCUT2D eigenvalue weighted by Gasteiger charge is -2.03. The predicted octanol–water partition coefficient (Wildman–Crippen LogP) is 1.65. The Kier molecular flexibility index (Phi) is 2.22. The summed E-state index contributed by atoms with van der Waals surface area (Å²) in [7, 11) is 0. The largest absolute Gasteiger partial charge is 0.422 e. The number of nitrogens with zero attached hydrogens (tertiary/aromatic N) is 4. The normalized spacial score (nSPS) is 10.8. The average molecular weight is 190 g/mol. The molecule has 0 radical (unpaired) electrons. The molecule has 0 aliphatic carbocycles. The van der Waals surface area contributed by atoms with Crippen molar-refractivity contribution < 1.29 is 4.42 Å². The van der Waals surface area contributed by atoms with Gasteiger partial charge in [-0.15, -0.1) is 10.2 Å². The van der Waals surface area contributed by atoms with Crippen LogP contribution in [0.25, 0.3) is 11.6 Å². The fourth-order valence-electron chi connectivity index (χ4n) is 1.09. The third kappa shape index (κ3) is 1.61. The number of hydrogen-bond acceptors (Lipinski definition) is 5. The second kappa shape index (κ2) is 3.53. The molecule has 0 aromatic carbocycles. The molecule has 0 atom stereocenters. The van der Waals surface area contributed by atoms with E-state index in [-0.39, 0.29) is 0 Å². The molecule has 0 N–H and O–H groups in total. The van der Waals surface area contributed by atoms with Crippen molar-refractivity contribution in [2.24, 2.45) is 0 Å². The Labute approximate surface area is 81.2 Å². The third-order valence-corrected chi connectivity index (χ3v) is 1.86. The van der Waals surface area contributed by atoms with Gasteiger partial charge in [0.05, 0.1) is 0 Å². The van der Waals surface area contributed by atoms with Crippen LogP contribution >= 0.6 is 0 Å². The first-order valence-corrected chi connectivity index (χ1v) is 4.36. The fraction of sp³-hybridized carbons (Fsp3) is 0.333. The Morgan fingerprint density at radius 3 is 2.79 bits per heavy atom. The molecule has 0 aliphatic rings. The minimum Gasteiger partial charge on any atom is -0.422 e. The van der Waals surface area contributed by atoms with Gasteiger partial charge in [0, 0.05) is 5.69 Å². The van der Waals surface area contributed by atoms with E-state index in [0.717, 1.165) is 5.69 Å². The molecule has 72 valence electrons. The van der Waals surface area contributed by atoms with E-state index >= 15 is 0 Å². The molecule has 5 heteroatoms. The highest BCUT2D eigenvalue weighted by Gasteiger charge is 2.08. The van der Waals surface area contributed by atoms with E-state index in [0.29, 0.717) is 17.5 Å². The Balaban J connectivity index is 2.41. The van der Waals surface area contributed by atoms with Crippen LogP contribution in [-0.4, -0.2) is 20.2 Å². The van der Waals surface area contributed by atoms with Gasteiger partial charge in [0.1, 0.15) is 12.0 Å². The molecular weight excluding hydrogens is 180 g/mol. The Morgan fingerprint density at radius 1 is 1.29 bits per heavy atom. The van der Waals surface area contributed by atoms with Gasteiger partial charge in [-0.1, -0.05) is 13.8 Å². The number of aromatic nitrogens is 4. The molecule has 0 aliphatic heterocycles. The molecule has 0 amide bonds. The van der Waals surface area contributed by atoms with Crippen LogP contribution in [-0.2, 0) is 0 Å². The van der Waals surface area contributed by atoms with Crippen LogP contribution in [0.2, 0.25) is 0 Å². The first kappa shape index (κ1) is 8.80. The second-order valence-electron chi connectivity index (χ2n) is 3.23. The lowest BCUT2D eigenvalue weighted by atomic mass is 10.1. The predicted molar refractivity (Wildman–Crippen MR) is 49.4 cm³/mol. The molecule has 0 spiro atoms. The standard InChI is InChI=1S/C9H10N4O/c1-6(2)7-3-8(11-4-10-7)9-13-12-5-14-9/h3-6H,1-2H3. The Bertz CT molecular complexity index is 411. The van der Waals surface area contributed by atoms with Crippen LogP contribution in [0.3, 0.4) is 0 Å². The third-order valence-electron chi connectivity index (χ3n) is 1.86. The van der Waals surface area contributed by atoms with Crippen molar-refractivity contribution in [2.75, 3.05) is 0 Å². The highest BCUT2D eigenvalue weighted by molar-refractivity contribution is 5.45. The molecule has 14 heavy (non-hydrogen) atoms. The molecule has 0 bridgehead atoms. The minimum absolute atomic E-state index is 0.361. The van der Waals surface area contributed by atoms with E-state index in [1.165, 1.54) is 12.7 Å². The van der Waals surface area contributed by atoms with E-state index in [4.69, 9.17) is 4.42 Å². The molecule has 2 aromatic heterocycles. The maximum Gasteiger partial charge on any atom is 0.266 e. The first-order valence-electron chi connectivity index (χ1n) is 4.36. The summed E-state index contributed by atoms with van der Waals surface area (Å²) < 4.78 is 5.04. The highest BCUT2D eigenvalue weighted by Crippen LogP contribution is 2.17. The smallest absolute Gasteiger partial charge is 0.266 e. The van der Waals surface area contributed by atoms with Gasteiger partial charge in [-0.3, -0.25) is 0 Å². The van der Waals surface area contributed by atoms with Crippen LogP contribution in [0, 0.1) is 0 Å². The zero-order valence-electron chi connectivity index (χ0n) is 8.01. The summed E-state index contributed by atoms with van der Waals surface area (Å²) in [4.78, 5) is 8.20. The fourth-order valence-corrected chi connectivity index (χ4v) is 1.09. The lowest BCUT2D eigenvalue weighted by Crippen LogP contribution is -1.95. The van der Waals surface area contributed by atoms with Crippen molar-refractivity contribution >= 4 is 0 Å². The van der Waals surface area contributed by atoms with Gasteiger partial charge in [0.25, 0.3) is 5.89 Å². The van der Waals surface area contributed by atoms with Crippen molar-refractivity contribution in [1.82, 2.24) is 20.2 Å². The summed E-state index contributed by atoms with van der Waals surface area (Å²) in [6.07, 6.45) is 2.79. The monoisotopic (exact) mass is 190 g/mol. The molecule has 5 nitrogen and oxygen atoms in total. The molecule has 0 fully saturated rings. The first-order chi connectivity index (χ1) is 6.77. The molecule has 2 aromatic rings. The van der Waals surface area contributed by atoms with Crippen molar-refractivity contribution in [3.05, 3.63) is 24.5 Å². The summed E-state index contributed by atoms with van der Waals surface area (Å²) in [5, 5.41) is 7.38. The maximum atomic E-state index is 5.04. The minimum atomic E-state index is 0.361. The number of rotatable bonds is 2. The van der Waals surface area contributed by atoms with Gasteiger partial charge in [0.15, 0.2) is 0 Å². The quantitative estimate of drug-likeness (QED) is 0.720. The molecule has 0 saturated carbocycles. The van der Waals surface area contributed by atoms with Crippen LogP contribution in [0.4, 0.5) is 0 Å². The van der Waals surface area contributed by atoms with E-state index < -0.39 is 0 Å². The molecule has 0 saturated heterocycles. The van der Waals surface area contributed by atoms with Gasteiger partial charge >= 0.3 is 0 Å². The van der Waals surface area contributed by atoms with Gasteiger partial charge in [-0.25, -0.2) is 9.97 Å².